The molecular formula is C15H25F3N2O. The molecule has 0 radical (unpaired) electrons. The number of hydrogen-bond donors (Lipinski definition) is 1. The molecule has 0 aromatic rings. The highest BCUT2D eigenvalue weighted by Crippen LogP contribution is 2.36. The molecule has 3 unspecified atom stereocenters. The van der Waals surface area contributed by atoms with Crippen molar-refractivity contribution in [1.29, 1.82) is 0 Å². The third kappa shape index (κ3) is 4.59. The molecule has 1 aliphatic carbocycles. The van der Waals surface area contributed by atoms with Crippen LogP contribution in [-0.2, 0) is 4.79 Å². The molecule has 1 saturated heterocycles. The van der Waals surface area contributed by atoms with Gasteiger partial charge in [0.05, 0.1) is 0 Å². The smallest absolute Gasteiger partial charge is 0.334 e. The van der Waals surface area contributed by atoms with Crippen molar-refractivity contribution in [2.45, 2.75) is 57.7 Å². The molecule has 0 aromatic carbocycles. The normalized spacial score (nSPS) is 29.2. The molecule has 1 amide bonds. The van der Waals surface area contributed by atoms with Gasteiger partial charge >= 0.3 is 6.18 Å². The third-order valence-corrected chi connectivity index (χ3v) is 4.72. The van der Waals surface area contributed by atoms with E-state index >= 15 is 0 Å². The lowest BCUT2D eigenvalue weighted by Gasteiger charge is -2.30. The Hall–Kier alpha value is -0.780. The minimum absolute atomic E-state index is 0.187. The Labute approximate surface area is 124 Å². The number of carbonyl (C=O) groups excluding carboxylic acids is 1. The number of nitrogens with zero attached hydrogens (tertiary/aromatic N) is 1. The van der Waals surface area contributed by atoms with Crippen LogP contribution in [0.5, 0.6) is 0 Å². The van der Waals surface area contributed by atoms with E-state index in [1.165, 1.54) is 12.8 Å². The zero-order valence-corrected chi connectivity index (χ0v) is 12.6. The fraction of sp³-hybridized carbons (Fsp3) is 0.933. The summed E-state index contributed by atoms with van der Waals surface area (Å²) in [4.78, 5) is 13.2. The van der Waals surface area contributed by atoms with E-state index < -0.39 is 12.7 Å². The van der Waals surface area contributed by atoms with E-state index in [0.29, 0.717) is 18.4 Å². The molecule has 122 valence electrons. The minimum Gasteiger partial charge on any atom is -0.334 e. The SMILES string of the molecule is CCCN(CC(F)(F)F)C(=O)CC1CNC2CCCCC12. The fourth-order valence-corrected chi connectivity index (χ4v) is 3.79. The molecular weight excluding hydrogens is 281 g/mol. The molecule has 21 heavy (non-hydrogen) atoms. The molecule has 6 heteroatoms. The van der Waals surface area contributed by atoms with Gasteiger partial charge in [-0.15, -0.1) is 0 Å². The van der Waals surface area contributed by atoms with Crippen molar-refractivity contribution < 1.29 is 18.0 Å². The zero-order chi connectivity index (χ0) is 15.5. The number of nitrogens with one attached hydrogen (secondary N) is 1. The number of carbonyl (C=O) groups is 1. The first-order chi connectivity index (χ1) is 9.90. The second kappa shape index (κ2) is 6.99. The number of alkyl halides is 3. The van der Waals surface area contributed by atoms with Gasteiger partial charge in [0.2, 0.25) is 5.91 Å². The van der Waals surface area contributed by atoms with Gasteiger partial charge < -0.3 is 10.2 Å². The van der Waals surface area contributed by atoms with E-state index in [-0.39, 0.29) is 24.8 Å². The molecule has 1 heterocycles. The number of hydrogen-bond acceptors (Lipinski definition) is 2. The average molecular weight is 306 g/mol. The topological polar surface area (TPSA) is 32.3 Å². The quantitative estimate of drug-likeness (QED) is 0.847. The van der Waals surface area contributed by atoms with Crippen LogP contribution in [0.4, 0.5) is 13.2 Å². The number of halogens is 3. The van der Waals surface area contributed by atoms with Crippen molar-refractivity contribution >= 4 is 5.91 Å². The Bertz CT molecular complexity index is 359. The van der Waals surface area contributed by atoms with Gasteiger partial charge in [0.1, 0.15) is 6.54 Å². The monoisotopic (exact) mass is 306 g/mol. The Morgan fingerprint density at radius 1 is 1.29 bits per heavy atom. The number of amides is 1. The maximum Gasteiger partial charge on any atom is 0.406 e. The Morgan fingerprint density at radius 2 is 2.00 bits per heavy atom. The second-order valence-corrected chi connectivity index (χ2v) is 6.36. The minimum atomic E-state index is -4.31. The Morgan fingerprint density at radius 3 is 2.67 bits per heavy atom. The predicted octanol–water partition coefficient (Wildman–Crippen LogP) is 2.96. The van der Waals surface area contributed by atoms with E-state index in [4.69, 9.17) is 0 Å². The summed E-state index contributed by atoms with van der Waals surface area (Å²) in [5.41, 5.74) is 0. The molecule has 0 bridgehead atoms. The highest BCUT2D eigenvalue weighted by molar-refractivity contribution is 5.76. The van der Waals surface area contributed by atoms with Crippen LogP contribution in [0.2, 0.25) is 0 Å². The summed E-state index contributed by atoms with van der Waals surface area (Å²) in [7, 11) is 0. The highest BCUT2D eigenvalue weighted by atomic mass is 19.4. The van der Waals surface area contributed by atoms with Crippen molar-refractivity contribution in [1.82, 2.24) is 10.2 Å². The van der Waals surface area contributed by atoms with Gasteiger partial charge in [0, 0.05) is 19.0 Å². The average Bonchev–Trinajstić information content (AvgIpc) is 2.80. The van der Waals surface area contributed by atoms with Crippen LogP contribution in [0.1, 0.15) is 45.4 Å². The van der Waals surface area contributed by atoms with Crippen LogP contribution >= 0.6 is 0 Å². The lowest BCUT2D eigenvalue weighted by molar-refractivity contribution is -0.162. The van der Waals surface area contributed by atoms with Crippen molar-refractivity contribution in [3.05, 3.63) is 0 Å². The lowest BCUT2D eigenvalue weighted by atomic mass is 9.78. The van der Waals surface area contributed by atoms with Crippen LogP contribution in [0.15, 0.2) is 0 Å². The molecule has 2 aliphatic rings. The van der Waals surface area contributed by atoms with Gasteiger partial charge in [0.15, 0.2) is 0 Å². The maximum atomic E-state index is 12.6. The Kier molecular flexibility index (Phi) is 5.52. The van der Waals surface area contributed by atoms with Gasteiger partial charge in [-0.3, -0.25) is 4.79 Å². The number of fused-ring (bicyclic) bond motifs is 1. The van der Waals surface area contributed by atoms with E-state index in [1.807, 2.05) is 0 Å². The molecule has 3 atom stereocenters. The van der Waals surface area contributed by atoms with E-state index in [1.54, 1.807) is 6.92 Å². The third-order valence-electron chi connectivity index (χ3n) is 4.72. The van der Waals surface area contributed by atoms with Crippen LogP contribution in [0, 0.1) is 11.8 Å². The first-order valence-corrected chi connectivity index (χ1v) is 7.98. The van der Waals surface area contributed by atoms with Gasteiger partial charge in [-0.25, -0.2) is 0 Å². The molecule has 3 nitrogen and oxygen atoms in total. The van der Waals surface area contributed by atoms with Crippen molar-refractivity contribution in [3.63, 3.8) is 0 Å². The Balaban J connectivity index is 1.92. The van der Waals surface area contributed by atoms with Gasteiger partial charge in [-0.05, 0) is 37.6 Å². The van der Waals surface area contributed by atoms with Crippen LogP contribution in [0.3, 0.4) is 0 Å². The van der Waals surface area contributed by atoms with Crippen LogP contribution in [0.25, 0.3) is 0 Å². The van der Waals surface area contributed by atoms with Gasteiger partial charge in [-0.2, -0.15) is 13.2 Å². The summed E-state index contributed by atoms with van der Waals surface area (Å²) < 4.78 is 37.7. The molecule has 1 aliphatic heterocycles. The maximum absolute atomic E-state index is 12.6. The predicted molar refractivity (Wildman–Crippen MR) is 74.8 cm³/mol. The van der Waals surface area contributed by atoms with Crippen LogP contribution < -0.4 is 5.32 Å². The molecule has 0 aromatic heterocycles. The molecule has 2 fully saturated rings. The van der Waals surface area contributed by atoms with Crippen molar-refractivity contribution in [2.24, 2.45) is 11.8 Å². The lowest BCUT2D eigenvalue weighted by Crippen LogP contribution is -2.41. The summed E-state index contributed by atoms with van der Waals surface area (Å²) in [6, 6.07) is 0.471. The summed E-state index contributed by atoms with van der Waals surface area (Å²) in [5.74, 6) is 0.333. The van der Waals surface area contributed by atoms with Gasteiger partial charge in [0.25, 0.3) is 0 Å². The van der Waals surface area contributed by atoms with Crippen molar-refractivity contribution in [3.8, 4) is 0 Å². The van der Waals surface area contributed by atoms with Gasteiger partial charge in [-0.1, -0.05) is 19.8 Å². The second-order valence-electron chi connectivity index (χ2n) is 6.36. The molecule has 1 saturated carbocycles. The summed E-state index contributed by atoms with van der Waals surface area (Å²) in [6.07, 6.45) is 1.12. The highest BCUT2D eigenvalue weighted by Gasteiger charge is 2.39. The van der Waals surface area contributed by atoms with Crippen molar-refractivity contribution in [2.75, 3.05) is 19.6 Å². The summed E-state index contributed by atoms with van der Waals surface area (Å²) >= 11 is 0. The first kappa shape index (κ1) is 16.6. The van der Waals surface area contributed by atoms with E-state index in [9.17, 15) is 18.0 Å². The number of rotatable bonds is 5. The standard InChI is InChI=1S/C15H25F3N2O/c1-2-7-20(10-15(16,17)18)14(21)8-11-9-19-13-6-4-3-5-12(11)13/h11-13,19H,2-10H2,1H3. The fourth-order valence-electron chi connectivity index (χ4n) is 3.79. The van der Waals surface area contributed by atoms with E-state index in [0.717, 1.165) is 24.3 Å². The first-order valence-electron chi connectivity index (χ1n) is 7.98. The molecule has 1 N–H and O–H groups in total. The molecule has 2 rings (SSSR count). The molecule has 0 spiro atoms. The largest absolute Gasteiger partial charge is 0.406 e. The van der Waals surface area contributed by atoms with Crippen LogP contribution in [-0.4, -0.2) is 42.7 Å². The summed E-state index contributed by atoms with van der Waals surface area (Å²) in [5, 5.41) is 3.44. The summed E-state index contributed by atoms with van der Waals surface area (Å²) in [6.45, 7) is 1.64. The zero-order valence-electron chi connectivity index (χ0n) is 12.6. The van der Waals surface area contributed by atoms with E-state index in [2.05, 4.69) is 5.32 Å².